The molecular weight excluding hydrogens is 250 g/mol. The van der Waals surface area contributed by atoms with Crippen molar-refractivity contribution in [3.8, 4) is 10.4 Å². The summed E-state index contributed by atoms with van der Waals surface area (Å²) in [5.74, 6) is 0. The standard InChI is InChI=1S/C14H16ClNS/c1-3-16-10(2)11-6-4-5-7-12(11)13-8-9-14(15)17-13/h4-10,16H,3H2,1-2H3. The van der Waals surface area contributed by atoms with Gasteiger partial charge in [0.1, 0.15) is 0 Å². The minimum atomic E-state index is 0.358. The van der Waals surface area contributed by atoms with Crippen LogP contribution in [0.2, 0.25) is 4.34 Å². The molecule has 1 heterocycles. The summed E-state index contributed by atoms with van der Waals surface area (Å²) < 4.78 is 0.839. The summed E-state index contributed by atoms with van der Waals surface area (Å²) in [7, 11) is 0. The summed E-state index contributed by atoms with van der Waals surface area (Å²) in [6.45, 7) is 5.29. The van der Waals surface area contributed by atoms with Crippen molar-refractivity contribution in [3.05, 3.63) is 46.3 Å². The second-order valence-corrected chi connectivity index (χ2v) is 5.69. The van der Waals surface area contributed by atoms with Gasteiger partial charge in [0.25, 0.3) is 0 Å². The van der Waals surface area contributed by atoms with E-state index >= 15 is 0 Å². The molecule has 0 bridgehead atoms. The van der Waals surface area contributed by atoms with Gasteiger partial charge in [0.15, 0.2) is 0 Å². The lowest BCUT2D eigenvalue weighted by Gasteiger charge is -2.16. The van der Waals surface area contributed by atoms with Crippen LogP contribution in [0.25, 0.3) is 10.4 Å². The number of nitrogens with one attached hydrogen (secondary N) is 1. The molecule has 2 aromatic rings. The third-order valence-corrected chi connectivity index (χ3v) is 4.04. The van der Waals surface area contributed by atoms with Gasteiger partial charge in [-0.2, -0.15) is 0 Å². The third kappa shape index (κ3) is 2.89. The number of hydrogen-bond acceptors (Lipinski definition) is 2. The summed E-state index contributed by atoms with van der Waals surface area (Å²) in [5.41, 5.74) is 2.60. The normalized spacial score (nSPS) is 12.6. The molecule has 1 atom stereocenters. The Bertz CT molecular complexity index is 492. The average Bonchev–Trinajstić information content (AvgIpc) is 2.76. The number of benzene rings is 1. The Morgan fingerprint density at radius 2 is 2.00 bits per heavy atom. The van der Waals surface area contributed by atoms with Crippen LogP contribution in [0.1, 0.15) is 25.5 Å². The Hall–Kier alpha value is -0.830. The van der Waals surface area contributed by atoms with Gasteiger partial charge in [0.2, 0.25) is 0 Å². The van der Waals surface area contributed by atoms with Crippen molar-refractivity contribution in [1.29, 1.82) is 0 Å². The van der Waals surface area contributed by atoms with Crippen LogP contribution < -0.4 is 5.32 Å². The molecule has 0 saturated carbocycles. The molecule has 90 valence electrons. The molecule has 0 saturated heterocycles. The van der Waals surface area contributed by atoms with Crippen LogP contribution in [0, 0.1) is 0 Å². The zero-order valence-corrected chi connectivity index (χ0v) is 11.6. The second kappa shape index (κ2) is 5.67. The summed E-state index contributed by atoms with van der Waals surface area (Å²) in [6.07, 6.45) is 0. The molecule has 0 amide bonds. The first kappa shape index (κ1) is 12.6. The Morgan fingerprint density at radius 3 is 2.65 bits per heavy atom. The molecule has 1 aromatic heterocycles. The zero-order valence-electron chi connectivity index (χ0n) is 10.0. The highest BCUT2D eigenvalue weighted by Crippen LogP contribution is 2.35. The fourth-order valence-electron chi connectivity index (χ4n) is 1.97. The summed E-state index contributed by atoms with van der Waals surface area (Å²) >= 11 is 7.63. The fraction of sp³-hybridized carbons (Fsp3) is 0.286. The topological polar surface area (TPSA) is 12.0 Å². The summed E-state index contributed by atoms with van der Waals surface area (Å²) in [5, 5.41) is 3.45. The molecule has 2 rings (SSSR count). The van der Waals surface area contributed by atoms with Gasteiger partial charge in [0, 0.05) is 10.9 Å². The van der Waals surface area contributed by atoms with E-state index in [0.29, 0.717) is 6.04 Å². The monoisotopic (exact) mass is 265 g/mol. The summed E-state index contributed by atoms with van der Waals surface area (Å²) in [6, 6.07) is 12.9. The molecule has 17 heavy (non-hydrogen) atoms. The SMILES string of the molecule is CCNC(C)c1ccccc1-c1ccc(Cl)s1. The lowest BCUT2D eigenvalue weighted by molar-refractivity contribution is 0.599. The van der Waals surface area contributed by atoms with Crippen LogP contribution in [0.3, 0.4) is 0 Å². The maximum absolute atomic E-state index is 6.01. The predicted molar refractivity (Wildman–Crippen MR) is 76.9 cm³/mol. The number of thiophene rings is 1. The molecule has 0 radical (unpaired) electrons. The van der Waals surface area contributed by atoms with Crippen molar-refractivity contribution in [3.63, 3.8) is 0 Å². The number of halogens is 1. The highest BCUT2D eigenvalue weighted by Gasteiger charge is 2.11. The zero-order chi connectivity index (χ0) is 12.3. The first-order valence-corrected chi connectivity index (χ1v) is 7.00. The first-order chi connectivity index (χ1) is 8.22. The van der Waals surface area contributed by atoms with Gasteiger partial charge < -0.3 is 5.32 Å². The van der Waals surface area contributed by atoms with Crippen LogP contribution in [0.5, 0.6) is 0 Å². The second-order valence-electron chi connectivity index (χ2n) is 3.97. The molecule has 0 aliphatic carbocycles. The van der Waals surface area contributed by atoms with Crippen LogP contribution in [0.4, 0.5) is 0 Å². The van der Waals surface area contributed by atoms with Crippen molar-refractivity contribution in [2.24, 2.45) is 0 Å². The molecule has 0 aliphatic heterocycles. The van der Waals surface area contributed by atoms with Gasteiger partial charge in [0.05, 0.1) is 4.34 Å². The fourth-order valence-corrected chi connectivity index (χ4v) is 3.06. The maximum atomic E-state index is 6.01. The van der Waals surface area contributed by atoms with E-state index in [0.717, 1.165) is 10.9 Å². The van der Waals surface area contributed by atoms with Gasteiger partial charge in [-0.25, -0.2) is 0 Å². The Balaban J connectivity index is 2.40. The van der Waals surface area contributed by atoms with E-state index in [-0.39, 0.29) is 0 Å². The smallest absolute Gasteiger partial charge is 0.0934 e. The van der Waals surface area contributed by atoms with Crippen LogP contribution in [-0.2, 0) is 0 Å². The Kier molecular flexibility index (Phi) is 4.21. The Labute approximate surface area is 111 Å². The number of rotatable bonds is 4. The first-order valence-electron chi connectivity index (χ1n) is 5.80. The van der Waals surface area contributed by atoms with Crippen molar-refractivity contribution in [1.82, 2.24) is 5.32 Å². The molecule has 1 nitrogen and oxygen atoms in total. The van der Waals surface area contributed by atoms with Crippen molar-refractivity contribution in [2.45, 2.75) is 19.9 Å². The van der Waals surface area contributed by atoms with Crippen LogP contribution in [-0.4, -0.2) is 6.54 Å². The van der Waals surface area contributed by atoms with Crippen LogP contribution in [0.15, 0.2) is 36.4 Å². The predicted octanol–water partition coefficient (Wildman–Crippen LogP) is 4.74. The molecule has 1 aromatic carbocycles. The van der Waals surface area contributed by atoms with E-state index in [1.54, 1.807) is 11.3 Å². The molecular formula is C14H16ClNS. The van der Waals surface area contributed by atoms with Gasteiger partial charge >= 0.3 is 0 Å². The summed E-state index contributed by atoms with van der Waals surface area (Å²) in [4.78, 5) is 1.23. The lowest BCUT2D eigenvalue weighted by atomic mass is 10.0. The minimum absolute atomic E-state index is 0.358. The maximum Gasteiger partial charge on any atom is 0.0934 e. The van der Waals surface area contributed by atoms with E-state index < -0.39 is 0 Å². The van der Waals surface area contributed by atoms with E-state index in [4.69, 9.17) is 11.6 Å². The molecule has 0 aliphatic rings. The highest BCUT2D eigenvalue weighted by molar-refractivity contribution is 7.19. The van der Waals surface area contributed by atoms with E-state index in [1.807, 2.05) is 6.07 Å². The highest BCUT2D eigenvalue weighted by atomic mass is 35.5. The molecule has 1 N–H and O–H groups in total. The Morgan fingerprint density at radius 1 is 1.24 bits per heavy atom. The van der Waals surface area contributed by atoms with Crippen molar-refractivity contribution < 1.29 is 0 Å². The number of hydrogen-bond donors (Lipinski definition) is 1. The van der Waals surface area contributed by atoms with Gasteiger partial charge in [-0.05, 0) is 36.7 Å². The average molecular weight is 266 g/mol. The third-order valence-electron chi connectivity index (χ3n) is 2.78. The molecule has 0 fully saturated rings. The quantitative estimate of drug-likeness (QED) is 0.842. The van der Waals surface area contributed by atoms with E-state index in [2.05, 4.69) is 49.5 Å². The largest absolute Gasteiger partial charge is 0.310 e. The van der Waals surface area contributed by atoms with E-state index in [9.17, 15) is 0 Å². The molecule has 1 unspecified atom stereocenters. The minimum Gasteiger partial charge on any atom is -0.310 e. The van der Waals surface area contributed by atoms with Crippen LogP contribution >= 0.6 is 22.9 Å². The van der Waals surface area contributed by atoms with E-state index in [1.165, 1.54) is 16.0 Å². The molecule has 3 heteroatoms. The van der Waals surface area contributed by atoms with Gasteiger partial charge in [-0.1, -0.05) is 42.8 Å². The van der Waals surface area contributed by atoms with Gasteiger partial charge in [-0.3, -0.25) is 0 Å². The van der Waals surface area contributed by atoms with Crippen molar-refractivity contribution >= 4 is 22.9 Å². The van der Waals surface area contributed by atoms with Crippen molar-refractivity contribution in [2.75, 3.05) is 6.54 Å². The molecule has 0 spiro atoms. The lowest BCUT2D eigenvalue weighted by Crippen LogP contribution is -2.18. The van der Waals surface area contributed by atoms with Gasteiger partial charge in [-0.15, -0.1) is 11.3 Å².